The van der Waals surface area contributed by atoms with E-state index in [1.165, 1.54) is 31.8 Å². The Morgan fingerprint density at radius 3 is 1.02 bits per heavy atom. The van der Waals surface area contributed by atoms with Crippen LogP contribution in [0.4, 0.5) is 0 Å². The third kappa shape index (κ3) is 22.7. The Morgan fingerprint density at radius 1 is 0.419 bits per heavy atom. The van der Waals surface area contributed by atoms with Crippen molar-refractivity contribution in [2.75, 3.05) is 42.3 Å². The second-order valence-electron chi connectivity index (χ2n) is 22.4. The van der Waals surface area contributed by atoms with Crippen LogP contribution in [0.25, 0.3) is 21.5 Å². The average Bonchev–Trinajstić information content (AvgIpc) is 3.28. The maximum atomic E-state index is 14.1. The summed E-state index contributed by atoms with van der Waals surface area (Å²) in [5.74, 6) is -4.26. The summed E-state index contributed by atoms with van der Waals surface area (Å²) in [7, 11) is 9.64. The third-order valence-electron chi connectivity index (χ3n) is 14.1. The summed E-state index contributed by atoms with van der Waals surface area (Å²) in [5.41, 5.74) is 14.9. The summed E-state index contributed by atoms with van der Waals surface area (Å²) in [4.78, 5) is 105. The van der Waals surface area contributed by atoms with E-state index in [4.69, 9.17) is 21.7 Å². The fourth-order valence-corrected chi connectivity index (χ4v) is 9.17. The molecule has 0 saturated carbocycles. The van der Waals surface area contributed by atoms with E-state index in [2.05, 4.69) is 10.6 Å². The first kappa shape index (κ1) is 69.2. The highest BCUT2D eigenvalue weighted by Crippen LogP contribution is 2.23. The van der Waals surface area contributed by atoms with Crippen LogP contribution in [-0.4, -0.2) is 155 Å². The number of fused-ring (bicyclic) bond motifs is 2. The number of aliphatic carboxylic acids is 2. The van der Waals surface area contributed by atoms with E-state index < -0.39 is 47.2 Å². The molecule has 0 aliphatic rings. The summed E-state index contributed by atoms with van der Waals surface area (Å²) >= 11 is 0. The minimum absolute atomic E-state index is 0.266. The molecule has 8 N–H and O–H groups in total. The molecule has 6 aromatic rings. The smallest absolute Gasteiger partial charge is 0.328 e. The van der Waals surface area contributed by atoms with Crippen molar-refractivity contribution in [2.24, 2.45) is 11.5 Å². The van der Waals surface area contributed by atoms with Gasteiger partial charge in [0.25, 0.3) is 0 Å². The molecule has 0 aromatic heterocycles. The zero-order valence-corrected chi connectivity index (χ0v) is 51.0. The summed E-state index contributed by atoms with van der Waals surface area (Å²) in [6.45, 7) is 7.55. The lowest BCUT2D eigenvalue weighted by molar-refractivity contribution is -0.146. The Kier molecular flexibility index (Phi) is 26.8. The van der Waals surface area contributed by atoms with E-state index in [0.717, 1.165) is 43.8 Å². The molecular formula is C68H84N8O10. The highest BCUT2D eigenvalue weighted by molar-refractivity contribution is 5.97. The van der Waals surface area contributed by atoms with Gasteiger partial charge in [-0.05, 0) is 96.5 Å². The molecule has 0 heterocycles. The largest absolute Gasteiger partial charge is 0.478 e. The zero-order valence-electron chi connectivity index (χ0n) is 51.0. The second-order valence-corrected chi connectivity index (χ2v) is 22.4. The first-order valence-electron chi connectivity index (χ1n) is 28.2. The normalized spacial score (nSPS) is 12.8. The van der Waals surface area contributed by atoms with Gasteiger partial charge in [0.2, 0.25) is 35.4 Å². The van der Waals surface area contributed by atoms with E-state index in [9.17, 15) is 38.4 Å². The second kappa shape index (κ2) is 33.3. The third-order valence-corrected chi connectivity index (χ3v) is 14.1. The van der Waals surface area contributed by atoms with Crippen molar-refractivity contribution >= 4 is 68.9 Å². The molecule has 6 aromatic carbocycles. The molecule has 86 heavy (non-hydrogen) atoms. The molecule has 0 saturated heterocycles. The fraction of sp³-hybridized carbons (Fsp3) is 0.324. The maximum absolute atomic E-state index is 14.1. The summed E-state index contributed by atoms with van der Waals surface area (Å²) in [6, 6.07) is 44.2. The van der Waals surface area contributed by atoms with Crippen LogP contribution in [0, 0.1) is 0 Å². The molecule has 6 rings (SSSR count). The lowest BCUT2D eigenvalue weighted by atomic mass is 9.98. The van der Waals surface area contributed by atoms with Crippen LogP contribution in [0.1, 0.15) is 62.8 Å². The molecule has 0 spiro atoms. The molecule has 0 fully saturated rings. The van der Waals surface area contributed by atoms with Crippen molar-refractivity contribution in [1.29, 1.82) is 0 Å². The van der Waals surface area contributed by atoms with Gasteiger partial charge in [0.1, 0.15) is 24.2 Å². The Morgan fingerprint density at radius 2 is 0.721 bits per heavy atom. The summed E-state index contributed by atoms with van der Waals surface area (Å²) in [5, 5.41) is 25.3. The van der Waals surface area contributed by atoms with Gasteiger partial charge >= 0.3 is 11.9 Å². The van der Waals surface area contributed by atoms with Crippen molar-refractivity contribution in [3.8, 4) is 0 Å². The summed E-state index contributed by atoms with van der Waals surface area (Å²) in [6.07, 6.45) is 9.89. The highest BCUT2D eigenvalue weighted by Gasteiger charge is 2.36. The van der Waals surface area contributed by atoms with E-state index in [1.807, 2.05) is 173 Å². The Bertz CT molecular complexity index is 3130. The number of carboxylic acid groups (broad SMARTS) is 2. The minimum atomic E-state index is -1.26. The van der Waals surface area contributed by atoms with Crippen molar-refractivity contribution in [3.05, 3.63) is 204 Å². The SMILES string of the molecule is CNC(=O)[C@@H](Cc1ccccc1)N(C)C(=O)[C@@H](Cc1ccc2ccccc2c1)N(C)C(=O)/C=C/CC(C)(C)N.CNC(=O)[C@@H](Cc1ccccc1)N(C)C(=O)[C@@H](Cc1ccc2ccccc2c1)N(C)C(=O)/C=C/CC(C)(C)N.O=C(O)/C=C/C(=O)O. The van der Waals surface area contributed by atoms with Gasteiger partial charge in [0.05, 0.1) is 0 Å². The van der Waals surface area contributed by atoms with E-state index in [-0.39, 0.29) is 35.4 Å². The van der Waals surface area contributed by atoms with Crippen LogP contribution in [0.15, 0.2) is 182 Å². The number of rotatable bonds is 24. The number of amides is 6. The zero-order chi connectivity index (χ0) is 63.7. The number of carboxylic acids is 2. The standard InChI is InChI=1S/2C32H40N4O3.C4H4O4/c2*1-32(2,33)19-11-16-29(37)35(4)28(22-24-17-18-25-14-9-10-15-26(25)20-24)31(39)36(5)27(30(38)34-3)21-23-12-7-6-8-13-23;5-3(6)1-2-4(7)8/h2*6-18,20,27-28H,19,21-22,33H2,1-5H3,(H,34,38);1-2H,(H,5,6)(H,7,8)/b2*16-11+;2-1+/t2*27-,28-;/m11./s1. The number of benzene rings is 6. The van der Waals surface area contributed by atoms with Crippen LogP contribution in [-0.2, 0) is 64.0 Å². The van der Waals surface area contributed by atoms with Crippen LogP contribution >= 0.6 is 0 Å². The number of carbonyl (C=O) groups excluding carboxylic acids is 6. The number of nitrogens with one attached hydrogen (secondary N) is 2. The first-order valence-corrected chi connectivity index (χ1v) is 28.2. The van der Waals surface area contributed by atoms with Crippen molar-refractivity contribution < 1.29 is 48.6 Å². The molecule has 456 valence electrons. The monoisotopic (exact) mass is 1170 g/mol. The van der Waals surface area contributed by atoms with Gasteiger partial charge in [-0.25, -0.2) is 9.59 Å². The van der Waals surface area contributed by atoms with Gasteiger partial charge in [-0.1, -0.05) is 158 Å². The van der Waals surface area contributed by atoms with Crippen molar-refractivity contribution in [2.45, 2.75) is 101 Å². The van der Waals surface area contributed by atoms with Crippen LogP contribution in [0.2, 0.25) is 0 Å². The topological polar surface area (TPSA) is 266 Å². The lowest BCUT2D eigenvalue weighted by Gasteiger charge is -2.34. The summed E-state index contributed by atoms with van der Waals surface area (Å²) < 4.78 is 0. The predicted molar refractivity (Wildman–Crippen MR) is 338 cm³/mol. The molecule has 4 atom stereocenters. The fourth-order valence-electron chi connectivity index (χ4n) is 9.17. The van der Waals surface area contributed by atoms with Gasteiger partial charge < -0.3 is 51.9 Å². The van der Waals surface area contributed by atoms with E-state index >= 15 is 0 Å². The average molecular weight is 1170 g/mol. The van der Waals surface area contributed by atoms with Gasteiger partial charge in [0, 0.05) is 91.2 Å². The van der Waals surface area contributed by atoms with Crippen molar-refractivity contribution in [1.82, 2.24) is 30.2 Å². The quantitative estimate of drug-likeness (QED) is 0.0331. The van der Waals surface area contributed by atoms with Crippen LogP contribution < -0.4 is 22.1 Å². The van der Waals surface area contributed by atoms with Crippen LogP contribution in [0.5, 0.6) is 0 Å². The molecule has 18 heteroatoms. The van der Waals surface area contributed by atoms with Gasteiger partial charge in [0.15, 0.2) is 0 Å². The minimum Gasteiger partial charge on any atom is -0.478 e. The molecule has 0 unspecified atom stereocenters. The number of nitrogens with two attached hydrogens (primary N) is 2. The van der Waals surface area contributed by atoms with Gasteiger partial charge in [-0.3, -0.25) is 28.8 Å². The number of hydrogen-bond acceptors (Lipinski definition) is 10. The predicted octanol–water partition coefficient (Wildman–Crippen LogP) is 7.13. The molecule has 0 aliphatic heterocycles. The number of hydrogen-bond donors (Lipinski definition) is 6. The van der Waals surface area contributed by atoms with E-state index in [1.54, 1.807) is 54.4 Å². The number of nitrogens with zero attached hydrogens (tertiary/aromatic N) is 4. The molecule has 0 aliphatic carbocycles. The van der Waals surface area contributed by atoms with Gasteiger partial charge in [-0.15, -0.1) is 0 Å². The molecule has 18 nitrogen and oxygen atoms in total. The maximum Gasteiger partial charge on any atom is 0.328 e. The molecule has 0 bridgehead atoms. The van der Waals surface area contributed by atoms with Gasteiger partial charge in [-0.2, -0.15) is 0 Å². The number of likely N-dealkylation sites (N-methyl/N-ethyl adjacent to an activating group) is 6. The van der Waals surface area contributed by atoms with Crippen LogP contribution in [0.3, 0.4) is 0 Å². The first-order chi connectivity index (χ1) is 40.6. The van der Waals surface area contributed by atoms with E-state index in [0.29, 0.717) is 50.7 Å². The lowest BCUT2D eigenvalue weighted by Crippen LogP contribution is -2.55. The Labute approximate surface area is 505 Å². The van der Waals surface area contributed by atoms with Crippen molar-refractivity contribution in [3.63, 3.8) is 0 Å². The molecule has 0 radical (unpaired) electrons. The number of carbonyl (C=O) groups is 8. The Balaban J connectivity index is 0.000000327. The highest BCUT2D eigenvalue weighted by atomic mass is 16.4. The molecular weight excluding hydrogens is 1090 g/mol. The molecule has 6 amide bonds. The Hall–Kier alpha value is -9.26.